The van der Waals surface area contributed by atoms with Crippen molar-refractivity contribution in [1.29, 1.82) is 0 Å². The van der Waals surface area contributed by atoms with Gasteiger partial charge in [-0.25, -0.2) is 10.2 Å². The van der Waals surface area contributed by atoms with Gasteiger partial charge in [0.15, 0.2) is 0 Å². The molecule has 0 atom stereocenters. The Morgan fingerprint density at radius 1 is 1.23 bits per heavy atom. The molecule has 0 bridgehead atoms. The maximum atomic E-state index is 11.8. The van der Waals surface area contributed by atoms with Gasteiger partial charge in [-0.1, -0.05) is 13.8 Å². The molecular formula is C20H24F3N3O5. The fourth-order valence-corrected chi connectivity index (χ4v) is 3.44. The normalized spacial score (nSPS) is 21.6. The van der Waals surface area contributed by atoms with Gasteiger partial charge in [-0.15, -0.1) is 0 Å². The summed E-state index contributed by atoms with van der Waals surface area (Å²) in [4.78, 5) is 20.7. The number of piperidine rings is 1. The maximum absolute atomic E-state index is 11.8. The number of benzene rings is 1. The van der Waals surface area contributed by atoms with Crippen LogP contribution in [0, 0.1) is 5.41 Å². The highest BCUT2D eigenvalue weighted by Crippen LogP contribution is 2.37. The Morgan fingerprint density at radius 3 is 2.45 bits per heavy atom. The number of nitrogens with one attached hydrogen (secondary N) is 2. The van der Waals surface area contributed by atoms with E-state index in [-0.39, 0.29) is 5.91 Å². The van der Waals surface area contributed by atoms with Crippen LogP contribution >= 0.6 is 0 Å². The van der Waals surface area contributed by atoms with Gasteiger partial charge in [0.05, 0.1) is 17.7 Å². The molecule has 4 rings (SSSR count). The number of hydrazone groups is 1. The van der Waals surface area contributed by atoms with E-state index in [2.05, 4.69) is 21.9 Å². The van der Waals surface area contributed by atoms with Crippen LogP contribution in [0.1, 0.15) is 44.2 Å². The second-order valence-corrected chi connectivity index (χ2v) is 8.24. The van der Waals surface area contributed by atoms with E-state index in [0.29, 0.717) is 13.0 Å². The minimum absolute atomic E-state index is 0.0382. The molecule has 0 radical (unpaired) electrons. The van der Waals surface area contributed by atoms with Crippen LogP contribution in [0.15, 0.2) is 23.3 Å². The SMILES string of the molecule is CC1(C)CC(c2ccc3c(c2)COC2(CCNCC2)O3)=NNC1=O.O=C(O)C(F)(F)F. The predicted molar refractivity (Wildman–Crippen MR) is 103 cm³/mol. The van der Waals surface area contributed by atoms with Crippen molar-refractivity contribution in [3.63, 3.8) is 0 Å². The summed E-state index contributed by atoms with van der Waals surface area (Å²) < 4.78 is 44.0. The molecule has 0 aliphatic carbocycles. The van der Waals surface area contributed by atoms with Crippen molar-refractivity contribution < 1.29 is 37.3 Å². The quantitative estimate of drug-likeness (QED) is 0.616. The number of alkyl halides is 3. The lowest BCUT2D eigenvalue weighted by atomic mass is 9.83. The molecule has 1 saturated heterocycles. The summed E-state index contributed by atoms with van der Waals surface area (Å²) >= 11 is 0. The smallest absolute Gasteiger partial charge is 0.475 e. The minimum atomic E-state index is -5.08. The van der Waals surface area contributed by atoms with Crippen molar-refractivity contribution in [2.45, 2.75) is 51.7 Å². The number of carboxylic acids is 1. The Hall–Kier alpha value is -2.66. The average molecular weight is 443 g/mol. The number of rotatable bonds is 1. The van der Waals surface area contributed by atoms with Crippen molar-refractivity contribution in [2.75, 3.05) is 13.1 Å². The number of halogens is 3. The molecule has 1 fully saturated rings. The molecule has 8 nitrogen and oxygen atoms in total. The van der Waals surface area contributed by atoms with Crippen LogP contribution < -0.4 is 15.5 Å². The van der Waals surface area contributed by atoms with Crippen LogP contribution in [0.2, 0.25) is 0 Å². The molecular weight excluding hydrogens is 419 g/mol. The van der Waals surface area contributed by atoms with E-state index in [4.69, 9.17) is 19.4 Å². The molecule has 1 aromatic carbocycles. The van der Waals surface area contributed by atoms with Crippen molar-refractivity contribution in [3.8, 4) is 5.75 Å². The van der Waals surface area contributed by atoms with E-state index in [1.165, 1.54) is 0 Å². The third-order valence-electron chi connectivity index (χ3n) is 5.30. The highest BCUT2D eigenvalue weighted by Gasteiger charge is 2.40. The Labute approximate surface area is 176 Å². The zero-order valence-corrected chi connectivity index (χ0v) is 17.1. The molecule has 0 aromatic heterocycles. The third-order valence-corrected chi connectivity index (χ3v) is 5.30. The number of carbonyl (C=O) groups is 2. The highest BCUT2D eigenvalue weighted by atomic mass is 19.4. The first-order chi connectivity index (χ1) is 14.4. The summed E-state index contributed by atoms with van der Waals surface area (Å²) in [6, 6.07) is 6.09. The van der Waals surface area contributed by atoms with Gasteiger partial charge in [-0.05, 0) is 23.8 Å². The van der Waals surface area contributed by atoms with Crippen LogP contribution in [0.4, 0.5) is 13.2 Å². The molecule has 1 aromatic rings. The third kappa shape index (κ3) is 5.34. The van der Waals surface area contributed by atoms with Crippen LogP contribution in [0.25, 0.3) is 0 Å². The summed E-state index contributed by atoms with van der Waals surface area (Å²) in [5.41, 5.74) is 5.12. The standard InChI is InChI=1S/C18H23N3O3.C2HF3O2/c1-17(2)10-14(20-21-16(17)22)12-3-4-15-13(9-12)11-23-18(24-15)5-7-19-8-6-18;3-2(4,5)1(6)7/h3-4,9,19H,5-8,10-11H2,1-2H3,(H,21,22);(H,6,7). The lowest BCUT2D eigenvalue weighted by Crippen LogP contribution is -2.49. The first-order valence-corrected chi connectivity index (χ1v) is 9.76. The van der Waals surface area contributed by atoms with E-state index in [0.717, 1.165) is 48.5 Å². The molecule has 3 heterocycles. The lowest BCUT2D eigenvalue weighted by Gasteiger charge is -2.41. The number of ether oxygens (including phenoxy) is 2. The van der Waals surface area contributed by atoms with Gasteiger partial charge in [0.2, 0.25) is 11.7 Å². The Morgan fingerprint density at radius 2 is 1.87 bits per heavy atom. The number of carbonyl (C=O) groups excluding carboxylic acids is 1. The van der Waals surface area contributed by atoms with E-state index in [1.54, 1.807) is 0 Å². The Bertz CT molecular complexity index is 893. The van der Waals surface area contributed by atoms with E-state index >= 15 is 0 Å². The lowest BCUT2D eigenvalue weighted by molar-refractivity contribution is -0.218. The minimum Gasteiger partial charge on any atom is -0.475 e. The summed E-state index contributed by atoms with van der Waals surface area (Å²) in [6.07, 6.45) is -2.74. The second kappa shape index (κ2) is 8.46. The average Bonchev–Trinajstić information content (AvgIpc) is 2.70. The molecule has 3 N–H and O–H groups in total. The molecule has 0 unspecified atom stereocenters. The van der Waals surface area contributed by atoms with Gasteiger partial charge in [0.1, 0.15) is 5.75 Å². The number of hydrogen-bond acceptors (Lipinski definition) is 6. The monoisotopic (exact) mass is 443 g/mol. The van der Waals surface area contributed by atoms with Crippen LogP contribution in [0.3, 0.4) is 0 Å². The second-order valence-electron chi connectivity index (χ2n) is 8.24. The van der Waals surface area contributed by atoms with Crippen molar-refractivity contribution in [3.05, 3.63) is 29.3 Å². The maximum Gasteiger partial charge on any atom is 0.490 e. The number of hydrogen-bond donors (Lipinski definition) is 3. The zero-order chi connectivity index (χ0) is 22.9. The number of carboxylic acid groups (broad SMARTS) is 1. The van der Waals surface area contributed by atoms with E-state index < -0.39 is 23.3 Å². The highest BCUT2D eigenvalue weighted by molar-refractivity contribution is 6.06. The first kappa shape index (κ1) is 23.0. The van der Waals surface area contributed by atoms with Gasteiger partial charge >= 0.3 is 12.1 Å². The van der Waals surface area contributed by atoms with Gasteiger partial charge in [0, 0.05) is 37.9 Å². The molecule has 3 aliphatic rings. The first-order valence-electron chi connectivity index (χ1n) is 9.76. The van der Waals surface area contributed by atoms with Crippen molar-refractivity contribution in [1.82, 2.24) is 10.7 Å². The van der Waals surface area contributed by atoms with Gasteiger partial charge < -0.3 is 19.9 Å². The number of fused-ring (bicyclic) bond motifs is 1. The largest absolute Gasteiger partial charge is 0.490 e. The van der Waals surface area contributed by atoms with Crippen LogP contribution in [-0.4, -0.2) is 47.7 Å². The van der Waals surface area contributed by atoms with Gasteiger partial charge in [-0.2, -0.15) is 18.3 Å². The van der Waals surface area contributed by atoms with Gasteiger partial charge in [-0.3, -0.25) is 4.79 Å². The fourth-order valence-electron chi connectivity index (χ4n) is 3.44. The predicted octanol–water partition coefficient (Wildman–Crippen LogP) is 2.56. The summed E-state index contributed by atoms with van der Waals surface area (Å²) in [6.45, 7) is 6.25. The molecule has 11 heteroatoms. The fraction of sp³-hybridized carbons (Fsp3) is 0.550. The molecule has 1 amide bonds. The molecule has 1 spiro atoms. The molecule has 3 aliphatic heterocycles. The van der Waals surface area contributed by atoms with E-state index in [9.17, 15) is 18.0 Å². The zero-order valence-electron chi connectivity index (χ0n) is 17.1. The van der Waals surface area contributed by atoms with Gasteiger partial charge in [0.25, 0.3) is 0 Å². The van der Waals surface area contributed by atoms with Crippen LogP contribution in [0.5, 0.6) is 5.75 Å². The molecule has 0 saturated carbocycles. The summed E-state index contributed by atoms with van der Waals surface area (Å²) in [5.74, 6) is -2.37. The summed E-state index contributed by atoms with van der Waals surface area (Å²) in [5, 5.41) is 14.7. The van der Waals surface area contributed by atoms with Crippen molar-refractivity contribution >= 4 is 17.6 Å². The Kier molecular flexibility index (Phi) is 6.28. The number of nitrogens with zero attached hydrogens (tertiary/aromatic N) is 1. The molecule has 31 heavy (non-hydrogen) atoms. The summed E-state index contributed by atoms with van der Waals surface area (Å²) in [7, 11) is 0. The van der Waals surface area contributed by atoms with Crippen LogP contribution in [-0.2, 0) is 20.9 Å². The van der Waals surface area contributed by atoms with E-state index in [1.807, 2.05) is 26.0 Å². The molecule has 170 valence electrons. The topological polar surface area (TPSA) is 109 Å². The number of amides is 1. The van der Waals surface area contributed by atoms with Crippen molar-refractivity contribution in [2.24, 2.45) is 10.5 Å². The Balaban J connectivity index is 0.000000339. The number of aliphatic carboxylic acids is 1.